The van der Waals surface area contributed by atoms with Gasteiger partial charge in [-0.25, -0.2) is 4.90 Å². The standard InChI is InChI=1S/C27H19Cl2N3O3/c28-16-9-11-17(12-10-16)30-25(33)24-22-21(23-18-6-2-1-5-15(18)13-14-31(23)24)26(34)32(27(22)35)20-8-4-3-7-19(20)29/h1-14,21-24H,(H,30,33)/t21-,22+,23?,24-/m1/s1. The van der Waals surface area contributed by atoms with E-state index in [1.54, 1.807) is 48.5 Å². The quantitative estimate of drug-likeness (QED) is 0.502. The Morgan fingerprint density at radius 2 is 1.51 bits per heavy atom. The van der Waals surface area contributed by atoms with Crippen LogP contribution in [0.25, 0.3) is 6.08 Å². The number of amides is 3. The van der Waals surface area contributed by atoms with Gasteiger partial charge in [-0.1, -0.05) is 59.6 Å². The summed E-state index contributed by atoms with van der Waals surface area (Å²) in [6.45, 7) is 0. The summed E-state index contributed by atoms with van der Waals surface area (Å²) in [5.74, 6) is -2.74. The van der Waals surface area contributed by atoms with Crippen molar-refractivity contribution in [3.8, 4) is 0 Å². The topological polar surface area (TPSA) is 69.7 Å². The minimum Gasteiger partial charge on any atom is -0.357 e. The van der Waals surface area contributed by atoms with E-state index in [0.717, 1.165) is 16.0 Å². The molecular weight excluding hydrogens is 485 g/mol. The van der Waals surface area contributed by atoms with Gasteiger partial charge >= 0.3 is 0 Å². The van der Waals surface area contributed by atoms with Crippen molar-refractivity contribution in [1.29, 1.82) is 0 Å². The van der Waals surface area contributed by atoms with E-state index in [2.05, 4.69) is 5.32 Å². The van der Waals surface area contributed by atoms with E-state index in [-0.39, 0.29) is 11.8 Å². The predicted octanol–water partition coefficient (Wildman–Crippen LogP) is 5.15. The van der Waals surface area contributed by atoms with Crippen molar-refractivity contribution >= 4 is 58.4 Å². The van der Waals surface area contributed by atoms with Crippen LogP contribution in [0.1, 0.15) is 17.2 Å². The molecule has 3 aliphatic rings. The average molecular weight is 504 g/mol. The van der Waals surface area contributed by atoms with E-state index in [0.29, 0.717) is 21.4 Å². The SMILES string of the molecule is O=C(Nc1ccc(Cl)cc1)[C@H]1[C@H]2C(=O)N(c3ccccc3Cl)C(=O)[C@H]2C2c3ccccc3C=CN21. The Labute approximate surface area is 211 Å². The van der Waals surface area contributed by atoms with Gasteiger partial charge < -0.3 is 10.2 Å². The van der Waals surface area contributed by atoms with E-state index >= 15 is 0 Å². The first-order chi connectivity index (χ1) is 17.0. The molecule has 0 aromatic heterocycles. The van der Waals surface area contributed by atoms with Crippen LogP contribution in [0.4, 0.5) is 11.4 Å². The highest BCUT2D eigenvalue weighted by atomic mass is 35.5. The van der Waals surface area contributed by atoms with Crippen LogP contribution in [0, 0.1) is 11.8 Å². The van der Waals surface area contributed by atoms with Gasteiger partial charge in [0.25, 0.3) is 0 Å². The molecule has 1 N–H and O–H groups in total. The Hall–Kier alpha value is -3.61. The Kier molecular flexibility index (Phi) is 5.16. The van der Waals surface area contributed by atoms with Gasteiger partial charge in [0.15, 0.2) is 0 Å². The third-order valence-electron chi connectivity index (χ3n) is 6.94. The van der Waals surface area contributed by atoms with Gasteiger partial charge in [0, 0.05) is 16.9 Å². The molecule has 174 valence electrons. The van der Waals surface area contributed by atoms with Gasteiger partial charge in [-0.05, 0) is 53.6 Å². The Bertz CT molecular complexity index is 1400. The Morgan fingerprint density at radius 3 is 2.29 bits per heavy atom. The van der Waals surface area contributed by atoms with Crippen molar-refractivity contribution in [1.82, 2.24) is 4.90 Å². The number of halogens is 2. The molecule has 6 rings (SSSR count). The van der Waals surface area contributed by atoms with E-state index in [4.69, 9.17) is 23.2 Å². The lowest BCUT2D eigenvalue weighted by Crippen LogP contribution is -2.46. The number of nitrogens with one attached hydrogen (secondary N) is 1. The van der Waals surface area contributed by atoms with Crippen LogP contribution < -0.4 is 10.2 Å². The van der Waals surface area contributed by atoms with Crippen molar-refractivity contribution in [2.45, 2.75) is 12.1 Å². The van der Waals surface area contributed by atoms with Crippen molar-refractivity contribution < 1.29 is 14.4 Å². The lowest BCUT2D eigenvalue weighted by Gasteiger charge is -2.35. The molecule has 8 heteroatoms. The molecule has 2 fully saturated rings. The lowest BCUT2D eigenvalue weighted by molar-refractivity contribution is -0.128. The minimum atomic E-state index is -0.880. The summed E-state index contributed by atoms with van der Waals surface area (Å²) in [5.41, 5.74) is 2.76. The molecule has 3 aromatic carbocycles. The summed E-state index contributed by atoms with van der Waals surface area (Å²) >= 11 is 12.4. The van der Waals surface area contributed by atoms with Gasteiger partial charge in [-0.2, -0.15) is 0 Å². The fourth-order valence-electron chi connectivity index (χ4n) is 5.48. The van der Waals surface area contributed by atoms with Crippen LogP contribution in [-0.2, 0) is 14.4 Å². The van der Waals surface area contributed by atoms with E-state index in [1.165, 1.54) is 0 Å². The summed E-state index contributed by atoms with van der Waals surface area (Å²) in [7, 11) is 0. The maximum Gasteiger partial charge on any atom is 0.247 e. The Balaban J connectivity index is 1.45. The van der Waals surface area contributed by atoms with Crippen LogP contribution in [-0.4, -0.2) is 28.7 Å². The van der Waals surface area contributed by atoms with Crippen LogP contribution in [0.3, 0.4) is 0 Å². The highest BCUT2D eigenvalue weighted by Crippen LogP contribution is 2.53. The van der Waals surface area contributed by atoms with Gasteiger partial charge in [0.1, 0.15) is 6.04 Å². The number of carbonyl (C=O) groups is 3. The molecule has 1 unspecified atom stereocenters. The second kappa shape index (κ2) is 8.26. The summed E-state index contributed by atoms with van der Waals surface area (Å²) in [6.07, 6.45) is 3.73. The molecule has 3 amide bonds. The van der Waals surface area contributed by atoms with E-state index < -0.39 is 29.8 Å². The molecule has 0 aliphatic carbocycles. The number of nitrogens with zero attached hydrogens (tertiary/aromatic N) is 2. The van der Waals surface area contributed by atoms with E-state index in [1.807, 2.05) is 41.4 Å². The number of hydrogen-bond acceptors (Lipinski definition) is 4. The lowest BCUT2D eigenvalue weighted by atomic mass is 9.84. The molecule has 3 aromatic rings. The van der Waals surface area contributed by atoms with E-state index in [9.17, 15) is 14.4 Å². The third kappa shape index (κ3) is 3.36. The number of anilines is 2. The van der Waals surface area contributed by atoms with Crippen LogP contribution in [0.2, 0.25) is 10.0 Å². The number of imide groups is 1. The zero-order chi connectivity index (χ0) is 24.3. The molecule has 0 spiro atoms. The molecule has 35 heavy (non-hydrogen) atoms. The zero-order valence-electron chi connectivity index (χ0n) is 18.3. The molecule has 2 saturated heterocycles. The fraction of sp³-hybridized carbons (Fsp3) is 0.148. The number of benzene rings is 3. The number of hydrogen-bond donors (Lipinski definition) is 1. The molecule has 6 nitrogen and oxygen atoms in total. The average Bonchev–Trinajstić information content (AvgIpc) is 3.34. The first-order valence-corrected chi connectivity index (χ1v) is 11.9. The molecular formula is C27H19Cl2N3O3. The van der Waals surface area contributed by atoms with Crippen molar-refractivity contribution in [3.63, 3.8) is 0 Å². The van der Waals surface area contributed by atoms with Gasteiger partial charge in [-0.3, -0.25) is 14.4 Å². The van der Waals surface area contributed by atoms with Crippen LogP contribution in [0.5, 0.6) is 0 Å². The zero-order valence-corrected chi connectivity index (χ0v) is 19.8. The summed E-state index contributed by atoms with van der Waals surface area (Å²) in [4.78, 5) is 44.3. The van der Waals surface area contributed by atoms with Crippen molar-refractivity contribution in [2.75, 3.05) is 10.2 Å². The second-order valence-electron chi connectivity index (χ2n) is 8.79. The summed E-state index contributed by atoms with van der Waals surface area (Å²) in [5, 5.41) is 3.75. The highest BCUT2D eigenvalue weighted by molar-refractivity contribution is 6.36. The fourth-order valence-corrected chi connectivity index (χ4v) is 5.82. The maximum absolute atomic E-state index is 13.8. The molecule has 0 radical (unpaired) electrons. The van der Waals surface area contributed by atoms with Gasteiger partial charge in [0.05, 0.1) is 28.6 Å². The molecule has 3 heterocycles. The number of para-hydroxylation sites is 1. The predicted molar refractivity (Wildman–Crippen MR) is 135 cm³/mol. The van der Waals surface area contributed by atoms with Gasteiger partial charge in [0.2, 0.25) is 17.7 Å². The summed E-state index contributed by atoms with van der Waals surface area (Å²) in [6, 6.07) is 19.9. The van der Waals surface area contributed by atoms with Crippen LogP contribution in [0.15, 0.2) is 79.0 Å². The van der Waals surface area contributed by atoms with Crippen molar-refractivity contribution in [3.05, 3.63) is 100 Å². The first-order valence-electron chi connectivity index (χ1n) is 11.2. The second-order valence-corrected chi connectivity index (χ2v) is 9.64. The molecule has 0 bridgehead atoms. The van der Waals surface area contributed by atoms with Crippen molar-refractivity contribution in [2.24, 2.45) is 11.8 Å². The summed E-state index contributed by atoms with van der Waals surface area (Å²) < 4.78 is 0. The maximum atomic E-state index is 13.8. The molecule has 4 atom stereocenters. The van der Waals surface area contributed by atoms with Crippen LogP contribution >= 0.6 is 23.2 Å². The smallest absolute Gasteiger partial charge is 0.247 e. The third-order valence-corrected chi connectivity index (χ3v) is 7.51. The number of rotatable bonds is 3. The number of carbonyl (C=O) groups excluding carboxylic acids is 3. The normalized spacial score (nSPS) is 24.3. The molecule has 0 saturated carbocycles. The van der Waals surface area contributed by atoms with Gasteiger partial charge in [-0.15, -0.1) is 0 Å². The Morgan fingerprint density at radius 1 is 0.829 bits per heavy atom. The largest absolute Gasteiger partial charge is 0.357 e. The monoisotopic (exact) mass is 503 g/mol. The highest BCUT2D eigenvalue weighted by Gasteiger charge is 2.64. The molecule has 3 aliphatic heterocycles. The number of fused-ring (bicyclic) bond motifs is 5. The first kappa shape index (κ1) is 21.9. The minimum absolute atomic E-state index is 0.303.